The number of hydrogen-bond donors (Lipinski definition) is 1. The average Bonchev–Trinajstić information content (AvgIpc) is 2.87. The second kappa shape index (κ2) is 9.93. The third kappa shape index (κ3) is 4.87. The Hall–Kier alpha value is -3.91. The predicted molar refractivity (Wildman–Crippen MR) is 130 cm³/mol. The van der Waals surface area contributed by atoms with Crippen molar-refractivity contribution in [3.05, 3.63) is 90.1 Å². The van der Waals surface area contributed by atoms with Crippen LogP contribution < -0.4 is 10.2 Å². The van der Waals surface area contributed by atoms with Crippen molar-refractivity contribution in [1.29, 1.82) is 0 Å². The zero-order chi connectivity index (χ0) is 23.3. The van der Waals surface area contributed by atoms with Gasteiger partial charge in [-0.1, -0.05) is 36.4 Å². The van der Waals surface area contributed by atoms with Crippen LogP contribution in [0.15, 0.2) is 73.1 Å². The Balaban J connectivity index is 1.25. The maximum atomic E-state index is 13.8. The molecule has 1 fully saturated rings. The maximum absolute atomic E-state index is 13.8. The van der Waals surface area contributed by atoms with Gasteiger partial charge in [0, 0.05) is 55.8 Å². The number of hydrogen-bond acceptors (Lipinski definition) is 6. The van der Waals surface area contributed by atoms with E-state index in [0.717, 1.165) is 40.9 Å². The Bertz CT molecular complexity index is 1290. The van der Waals surface area contributed by atoms with Gasteiger partial charge in [-0.15, -0.1) is 5.10 Å². The minimum Gasteiger partial charge on any atom is -0.352 e. The van der Waals surface area contributed by atoms with E-state index in [0.29, 0.717) is 19.5 Å². The fraction of sp³-hybridized carbons (Fsp3) is 0.231. The number of pyridine rings is 1. The monoisotopic (exact) mass is 456 g/mol. The summed E-state index contributed by atoms with van der Waals surface area (Å²) in [6.07, 6.45) is 4.27. The molecule has 0 unspecified atom stereocenters. The lowest BCUT2D eigenvalue weighted by Gasteiger charge is -2.35. The van der Waals surface area contributed by atoms with Crippen molar-refractivity contribution in [3.63, 3.8) is 0 Å². The largest absolute Gasteiger partial charge is 0.352 e. The highest BCUT2D eigenvalue weighted by atomic mass is 19.1. The number of anilines is 2. The number of nitrogens with one attached hydrogen (secondary N) is 1. The lowest BCUT2D eigenvalue weighted by molar-refractivity contribution is -0.117. The van der Waals surface area contributed by atoms with Gasteiger partial charge in [0.15, 0.2) is 5.82 Å². The molecule has 4 aromatic rings. The minimum atomic E-state index is -0.432. The summed E-state index contributed by atoms with van der Waals surface area (Å²) < 4.78 is 13.8. The van der Waals surface area contributed by atoms with Crippen molar-refractivity contribution in [1.82, 2.24) is 20.1 Å². The van der Waals surface area contributed by atoms with E-state index in [-0.39, 0.29) is 18.1 Å². The molecule has 1 N–H and O–H groups in total. The predicted octanol–water partition coefficient (Wildman–Crippen LogP) is 3.52. The summed E-state index contributed by atoms with van der Waals surface area (Å²) in [6.45, 7) is 3.10. The fourth-order valence-corrected chi connectivity index (χ4v) is 4.28. The molecule has 8 heteroatoms. The van der Waals surface area contributed by atoms with Gasteiger partial charge in [-0.3, -0.25) is 14.7 Å². The van der Waals surface area contributed by atoms with Gasteiger partial charge in [0.25, 0.3) is 0 Å². The van der Waals surface area contributed by atoms with Crippen LogP contribution in [0.4, 0.5) is 15.9 Å². The van der Waals surface area contributed by atoms with E-state index in [1.165, 1.54) is 6.07 Å². The molecule has 1 aliphatic rings. The van der Waals surface area contributed by atoms with Crippen LogP contribution in [-0.4, -0.2) is 58.7 Å². The molecule has 7 nitrogen and oxygen atoms in total. The highest BCUT2D eigenvalue weighted by molar-refractivity contribution is 5.94. The molecule has 2 aromatic heterocycles. The van der Waals surface area contributed by atoms with Crippen molar-refractivity contribution in [2.75, 3.05) is 42.9 Å². The topological polar surface area (TPSA) is 74.2 Å². The number of fused-ring (bicyclic) bond motifs is 1. The van der Waals surface area contributed by atoms with Crippen molar-refractivity contribution < 1.29 is 9.18 Å². The van der Waals surface area contributed by atoms with E-state index in [2.05, 4.69) is 42.4 Å². The summed E-state index contributed by atoms with van der Waals surface area (Å²) in [4.78, 5) is 20.8. The lowest BCUT2D eigenvalue weighted by Crippen LogP contribution is -2.49. The number of benzene rings is 2. The Labute approximate surface area is 197 Å². The molecule has 3 heterocycles. The first-order valence-electron chi connectivity index (χ1n) is 11.3. The van der Waals surface area contributed by atoms with Crippen LogP contribution >= 0.6 is 0 Å². The van der Waals surface area contributed by atoms with Crippen molar-refractivity contribution in [3.8, 4) is 0 Å². The number of piperazine rings is 1. The first-order chi connectivity index (χ1) is 16.7. The molecule has 0 saturated carbocycles. The van der Waals surface area contributed by atoms with E-state index >= 15 is 0 Å². The smallest absolute Gasteiger partial charge is 0.238 e. The Morgan fingerprint density at radius 1 is 0.882 bits per heavy atom. The van der Waals surface area contributed by atoms with Crippen LogP contribution in [0.3, 0.4) is 0 Å². The third-order valence-electron chi connectivity index (χ3n) is 6.05. The van der Waals surface area contributed by atoms with Gasteiger partial charge in [0.05, 0.1) is 17.9 Å². The highest BCUT2D eigenvalue weighted by Crippen LogP contribution is 2.27. The molecule has 1 amide bonds. The standard InChI is InChI=1S/C26H25FN6O/c27-22-7-3-4-8-23(22)29-25(34)18-32-13-15-33(16-14-32)26-21-6-2-1-5-20(21)24(30-31-26)17-19-9-11-28-12-10-19/h1-12H,13-18H2,(H,29,34). The van der Waals surface area contributed by atoms with Crippen LogP contribution in [0.2, 0.25) is 0 Å². The molecule has 0 atom stereocenters. The quantitative estimate of drug-likeness (QED) is 0.479. The van der Waals surface area contributed by atoms with Crippen LogP contribution in [0.5, 0.6) is 0 Å². The van der Waals surface area contributed by atoms with Crippen LogP contribution in [0.25, 0.3) is 10.8 Å². The Kier molecular flexibility index (Phi) is 6.40. The van der Waals surface area contributed by atoms with Gasteiger partial charge in [-0.25, -0.2) is 4.39 Å². The summed E-state index contributed by atoms with van der Waals surface area (Å²) in [6, 6.07) is 18.4. The average molecular weight is 457 g/mol. The van der Waals surface area contributed by atoms with E-state index in [4.69, 9.17) is 0 Å². The first-order valence-corrected chi connectivity index (χ1v) is 11.3. The second-order valence-electron chi connectivity index (χ2n) is 8.34. The van der Waals surface area contributed by atoms with E-state index in [9.17, 15) is 9.18 Å². The highest BCUT2D eigenvalue weighted by Gasteiger charge is 2.22. The van der Waals surface area contributed by atoms with Gasteiger partial charge in [0.2, 0.25) is 5.91 Å². The van der Waals surface area contributed by atoms with Crippen LogP contribution in [-0.2, 0) is 11.2 Å². The number of carbonyl (C=O) groups excluding carboxylic acids is 1. The molecule has 2 aromatic carbocycles. The number of amides is 1. The van der Waals surface area contributed by atoms with Gasteiger partial charge in [-0.05, 0) is 29.8 Å². The number of para-hydroxylation sites is 1. The molecule has 0 aliphatic carbocycles. The van der Waals surface area contributed by atoms with Crippen molar-refractivity contribution in [2.24, 2.45) is 0 Å². The zero-order valence-corrected chi connectivity index (χ0v) is 18.7. The molecule has 34 heavy (non-hydrogen) atoms. The van der Waals surface area contributed by atoms with Gasteiger partial charge < -0.3 is 10.2 Å². The number of carbonyl (C=O) groups is 1. The maximum Gasteiger partial charge on any atom is 0.238 e. The molecule has 1 saturated heterocycles. The van der Waals surface area contributed by atoms with Crippen LogP contribution in [0.1, 0.15) is 11.3 Å². The number of halogens is 1. The summed E-state index contributed by atoms with van der Waals surface area (Å²) >= 11 is 0. The normalized spacial score (nSPS) is 14.3. The molecular weight excluding hydrogens is 431 g/mol. The number of rotatable bonds is 6. The zero-order valence-electron chi connectivity index (χ0n) is 18.7. The molecule has 172 valence electrons. The SMILES string of the molecule is O=C(CN1CCN(c2nnc(Cc3ccncc3)c3ccccc23)CC1)Nc1ccccc1F. The molecule has 0 spiro atoms. The summed E-state index contributed by atoms with van der Waals surface area (Å²) in [7, 11) is 0. The number of nitrogens with zero attached hydrogens (tertiary/aromatic N) is 5. The Morgan fingerprint density at radius 3 is 2.35 bits per heavy atom. The lowest BCUT2D eigenvalue weighted by atomic mass is 10.0. The molecule has 1 aliphatic heterocycles. The summed E-state index contributed by atoms with van der Waals surface area (Å²) in [5.41, 5.74) is 2.29. The van der Waals surface area contributed by atoms with E-state index in [1.54, 1.807) is 30.6 Å². The summed E-state index contributed by atoms with van der Waals surface area (Å²) in [5.74, 6) is 0.215. The first kappa shape index (κ1) is 21.9. The molecule has 0 bridgehead atoms. The van der Waals surface area contributed by atoms with Crippen molar-refractivity contribution >= 4 is 28.2 Å². The van der Waals surface area contributed by atoms with Crippen molar-refractivity contribution in [2.45, 2.75) is 6.42 Å². The summed E-state index contributed by atoms with van der Waals surface area (Å²) in [5, 5.41) is 14.0. The van der Waals surface area contributed by atoms with Gasteiger partial charge >= 0.3 is 0 Å². The number of aromatic nitrogens is 3. The third-order valence-corrected chi connectivity index (χ3v) is 6.05. The minimum absolute atomic E-state index is 0.208. The molecular formula is C26H25FN6O. The fourth-order valence-electron chi connectivity index (χ4n) is 4.28. The van der Waals surface area contributed by atoms with Gasteiger partial charge in [0.1, 0.15) is 5.82 Å². The Morgan fingerprint density at radius 2 is 1.59 bits per heavy atom. The van der Waals surface area contributed by atoms with E-state index < -0.39 is 5.82 Å². The second-order valence-corrected chi connectivity index (χ2v) is 8.34. The molecule has 5 rings (SSSR count). The van der Waals surface area contributed by atoms with Crippen LogP contribution in [0, 0.1) is 5.82 Å². The van der Waals surface area contributed by atoms with E-state index in [1.807, 2.05) is 24.3 Å². The van der Waals surface area contributed by atoms with Gasteiger partial charge in [-0.2, -0.15) is 5.10 Å². The molecule has 0 radical (unpaired) electrons.